The highest BCUT2D eigenvalue weighted by atomic mass is 32.2. The maximum atomic E-state index is 12.3. The highest BCUT2D eigenvalue weighted by Crippen LogP contribution is 2.22. The van der Waals surface area contributed by atoms with E-state index in [1.54, 1.807) is 42.5 Å². The van der Waals surface area contributed by atoms with Gasteiger partial charge in [-0.05, 0) is 55.3 Å². The van der Waals surface area contributed by atoms with Crippen LogP contribution in [-0.2, 0) is 10.0 Å². The Bertz CT molecular complexity index is 969. The Balaban J connectivity index is 1.75. The summed E-state index contributed by atoms with van der Waals surface area (Å²) in [6, 6.07) is 17.8. The van der Waals surface area contributed by atoms with Crippen LogP contribution in [0.25, 0.3) is 0 Å². The lowest BCUT2D eigenvalue weighted by Crippen LogP contribution is -2.13. The molecule has 3 aromatic rings. The Kier molecular flexibility index (Phi) is 4.72. The second kappa shape index (κ2) is 6.94. The van der Waals surface area contributed by atoms with E-state index in [-0.39, 0.29) is 4.90 Å². The molecule has 0 amide bonds. The highest BCUT2D eigenvalue weighted by molar-refractivity contribution is 7.92. The van der Waals surface area contributed by atoms with Crippen LogP contribution in [0.5, 0.6) is 0 Å². The molecule has 0 aliphatic heterocycles. The van der Waals surface area contributed by atoms with Crippen LogP contribution in [0.4, 0.5) is 17.2 Å². The van der Waals surface area contributed by atoms with Crippen LogP contribution in [-0.4, -0.2) is 13.4 Å². The van der Waals surface area contributed by atoms with Crippen molar-refractivity contribution >= 4 is 27.2 Å². The number of aryl methyl sites for hydroxylation is 2. The lowest BCUT2D eigenvalue weighted by Gasteiger charge is -2.11. The monoisotopic (exact) mass is 353 g/mol. The van der Waals surface area contributed by atoms with Crippen LogP contribution in [0.15, 0.2) is 71.8 Å². The highest BCUT2D eigenvalue weighted by Gasteiger charge is 2.13. The first-order valence-electron chi connectivity index (χ1n) is 7.82. The molecule has 0 unspecified atom stereocenters. The first-order valence-corrected chi connectivity index (χ1v) is 9.30. The molecule has 1 heterocycles. The van der Waals surface area contributed by atoms with Crippen molar-refractivity contribution in [3.8, 4) is 0 Å². The second-order valence-corrected chi connectivity index (χ2v) is 7.48. The quantitative estimate of drug-likeness (QED) is 0.719. The molecule has 0 bridgehead atoms. The number of rotatable bonds is 5. The fraction of sp³-hybridized carbons (Fsp3) is 0.105. The second-order valence-electron chi connectivity index (χ2n) is 5.79. The van der Waals surface area contributed by atoms with E-state index in [0.717, 1.165) is 16.8 Å². The van der Waals surface area contributed by atoms with Gasteiger partial charge in [0, 0.05) is 5.69 Å². The maximum Gasteiger partial charge on any atom is 0.261 e. The van der Waals surface area contributed by atoms with E-state index in [4.69, 9.17) is 0 Å². The predicted molar refractivity (Wildman–Crippen MR) is 101 cm³/mol. The van der Waals surface area contributed by atoms with Crippen molar-refractivity contribution in [2.45, 2.75) is 18.7 Å². The number of hydrogen-bond donors (Lipinski definition) is 2. The summed E-state index contributed by atoms with van der Waals surface area (Å²) >= 11 is 0. The largest absolute Gasteiger partial charge is 0.340 e. The maximum absolute atomic E-state index is 12.3. The zero-order valence-electron chi connectivity index (χ0n) is 14.0. The van der Waals surface area contributed by atoms with Gasteiger partial charge in [0.25, 0.3) is 10.0 Å². The molecule has 6 heteroatoms. The molecule has 0 atom stereocenters. The van der Waals surface area contributed by atoms with Gasteiger partial charge in [-0.2, -0.15) is 0 Å². The molecule has 0 saturated heterocycles. The number of aromatic nitrogens is 1. The van der Waals surface area contributed by atoms with Gasteiger partial charge in [-0.3, -0.25) is 4.72 Å². The van der Waals surface area contributed by atoms with Crippen LogP contribution in [0.3, 0.4) is 0 Å². The molecule has 0 aliphatic rings. The normalized spacial score (nSPS) is 11.1. The summed E-state index contributed by atoms with van der Waals surface area (Å²) < 4.78 is 27.1. The topological polar surface area (TPSA) is 71.1 Å². The van der Waals surface area contributed by atoms with Crippen LogP contribution in [0.2, 0.25) is 0 Å². The van der Waals surface area contributed by atoms with E-state index in [9.17, 15) is 8.42 Å². The molecule has 5 nitrogen and oxygen atoms in total. The van der Waals surface area contributed by atoms with E-state index < -0.39 is 10.0 Å². The van der Waals surface area contributed by atoms with Gasteiger partial charge in [0.05, 0.1) is 16.8 Å². The van der Waals surface area contributed by atoms with Gasteiger partial charge < -0.3 is 5.32 Å². The van der Waals surface area contributed by atoms with Gasteiger partial charge in [0.2, 0.25) is 0 Å². The van der Waals surface area contributed by atoms with E-state index in [0.29, 0.717) is 11.5 Å². The molecule has 1 aromatic heterocycles. The summed E-state index contributed by atoms with van der Waals surface area (Å²) in [5, 5.41) is 3.25. The van der Waals surface area contributed by atoms with Crippen molar-refractivity contribution in [1.82, 2.24) is 4.98 Å². The molecular weight excluding hydrogens is 334 g/mol. The van der Waals surface area contributed by atoms with Gasteiger partial charge in [-0.25, -0.2) is 13.4 Å². The van der Waals surface area contributed by atoms with Crippen LogP contribution >= 0.6 is 0 Å². The molecule has 2 N–H and O–H groups in total. The molecule has 0 spiro atoms. The number of hydrogen-bond acceptors (Lipinski definition) is 4. The van der Waals surface area contributed by atoms with Crippen molar-refractivity contribution in [2.75, 3.05) is 10.0 Å². The summed E-state index contributed by atoms with van der Waals surface area (Å²) in [5.74, 6) is 0.649. The fourth-order valence-corrected chi connectivity index (χ4v) is 3.41. The summed E-state index contributed by atoms with van der Waals surface area (Å²) in [6.45, 7) is 4.05. The van der Waals surface area contributed by atoms with Gasteiger partial charge in [-0.15, -0.1) is 0 Å². The SMILES string of the molecule is Cc1ccc(C)c(Nc2ccc(NS(=O)(=O)c3ccccc3)cn2)c1. The number of anilines is 3. The first-order chi connectivity index (χ1) is 11.9. The third-order valence-electron chi connectivity index (χ3n) is 3.73. The van der Waals surface area contributed by atoms with Gasteiger partial charge in [0.15, 0.2) is 0 Å². The zero-order chi connectivity index (χ0) is 17.9. The summed E-state index contributed by atoms with van der Waals surface area (Å²) in [5.41, 5.74) is 3.65. The van der Waals surface area contributed by atoms with Crippen molar-refractivity contribution in [2.24, 2.45) is 0 Å². The molecule has 128 valence electrons. The number of benzene rings is 2. The predicted octanol–water partition coefficient (Wildman–Crippen LogP) is 4.24. The molecule has 0 fully saturated rings. The number of pyridine rings is 1. The molecular formula is C19H19N3O2S. The van der Waals surface area contributed by atoms with Crippen LogP contribution in [0.1, 0.15) is 11.1 Å². The number of nitrogens with one attached hydrogen (secondary N) is 2. The first kappa shape index (κ1) is 17.0. The molecule has 3 rings (SSSR count). The Hall–Kier alpha value is -2.86. The van der Waals surface area contributed by atoms with Crippen molar-refractivity contribution in [3.05, 3.63) is 78.0 Å². The average molecular weight is 353 g/mol. The standard InChI is InChI=1S/C19H19N3O2S/c1-14-8-9-15(2)18(12-14)21-19-11-10-16(13-20-19)22-25(23,24)17-6-4-3-5-7-17/h3-13,22H,1-2H3,(H,20,21). The minimum Gasteiger partial charge on any atom is -0.340 e. The van der Waals surface area contributed by atoms with Crippen molar-refractivity contribution < 1.29 is 8.42 Å². The zero-order valence-corrected chi connectivity index (χ0v) is 14.8. The minimum atomic E-state index is -3.61. The summed E-state index contributed by atoms with van der Waals surface area (Å²) in [7, 11) is -3.61. The lowest BCUT2D eigenvalue weighted by atomic mass is 10.1. The molecule has 0 saturated carbocycles. The number of sulfonamides is 1. The van der Waals surface area contributed by atoms with Gasteiger partial charge in [-0.1, -0.05) is 30.3 Å². The average Bonchev–Trinajstić information content (AvgIpc) is 2.60. The number of nitrogens with zero attached hydrogens (tertiary/aromatic N) is 1. The van der Waals surface area contributed by atoms with Gasteiger partial charge in [0.1, 0.15) is 5.82 Å². The minimum absolute atomic E-state index is 0.215. The fourth-order valence-electron chi connectivity index (χ4n) is 2.35. The van der Waals surface area contributed by atoms with Crippen LogP contribution < -0.4 is 10.0 Å². The van der Waals surface area contributed by atoms with E-state index >= 15 is 0 Å². The Morgan fingerprint density at radius 3 is 2.36 bits per heavy atom. The third-order valence-corrected chi connectivity index (χ3v) is 5.12. The Morgan fingerprint density at radius 1 is 0.920 bits per heavy atom. The van der Waals surface area contributed by atoms with Crippen molar-refractivity contribution in [1.29, 1.82) is 0 Å². The molecule has 25 heavy (non-hydrogen) atoms. The lowest BCUT2D eigenvalue weighted by molar-refractivity contribution is 0.601. The summed E-state index contributed by atoms with van der Waals surface area (Å²) in [4.78, 5) is 4.50. The smallest absolute Gasteiger partial charge is 0.261 e. The Labute approximate surface area is 147 Å². The van der Waals surface area contributed by atoms with Crippen LogP contribution in [0, 0.1) is 13.8 Å². The van der Waals surface area contributed by atoms with Crippen molar-refractivity contribution in [3.63, 3.8) is 0 Å². The van der Waals surface area contributed by atoms with E-state index in [1.807, 2.05) is 26.0 Å². The van der Waals surface area contributed by atoms with Gasteiger partial charge >= 0.3 is 0 Å². The Morgan fingerprint density at radius 2 is 1.68 bits per heavy atom. The van der Waals surface area contributed by atoms with E-state index in [1.165, 1.54) is 6.20 Å². The third kappa shape index (κ3) is 4.16. The molecule has 0 radical (unpaired) electrons. The summed E-state index contributed by atoms with van der Waals surface area (Å²) in [6.07, 6.45) is 1.49. The van der Waals surface area contributed by atoms with E-state index in [2.05, 4.69) is 21.1 Å². The molecule has 0 aliphatic carbocycles. The molecule has 2 aromatic carbocycles.